The van der Waals surface area contributed by atoms with E-state index < -0.39 is 17.8 Å². The Hall–Kier alpha value is -3.48. The summed E-state index contributed by atoms with van der Waals surface area (Å²) in [6, 6.07) is 8.43. The Kier molecular flexibility index (Phi) is 5.07. The molecule has 1 aliphatic heterocycles. The molecule has 0 spiro atoms. The van der Waals surface area contributed by atoms with Gasteiger partial charge in [0.05, 0.1) is 6.26 Å². The zero-order chi connectivity index (χ0) is 18.5. The second kappa shape index (κ2) is 7.60. The molecule has 2 heterocycles. The number of amides is 4. The Morgan fingerprint density at radius 3 is 2.58 bits per heavy atom. The van der Waals surface area contributed by atoms with E-state index in [0.717, 1.165) is 10.5 Å². The lowest BCUT2D eigenvalue weighted by molar-refractivity contribution is -0.130. The highest BCUT2D eigenvalue weighted by molar-refractivity contribution is 6.28. The van der Waals surface area contributed by atoms with Crippen LogP contribution in [0.3, 0.4) is 0 Å². The number of nitrogens with zero attached hydrogens (tertiary/aromatic N) is 1. The lowest BCUT2D eigenvalue weighted by Crippen LogP contribution is -2.54. The predicted molar refractivity (Wildman–Crippen MR) is 91.2 cm³/mol. The van der Waals surface area contributed by atoms with E-state index in [2.05, 4.69) is 5.32 Å². The summed E-state index contributed by atoms with van der Waals surface area (Å²) < 4.78 is 18.1. The van der Waals surface area contributed by atoms with Gasteiger partial charge in [-0.1, -0.05) is 18.2 Å². The minimum Gasteiger partial charge on any atom is -0.465 e. The van der Waals surface area contributed by atoms with Gasteiger partial charge in [-0.05, 0) is 48.4 Å². The van der Waals surface area contributed by atoms with Crippen molar-refractivity contribution in [3.8, 4) is 0 Å². The summed E-state index contributed by atoms with van der Waals surface area (Å²) >= 11 is 0. The fraction of sp³-hybridized carbons (Fsp3) is 0.105. The summed E-state index contributed by atoms with van der Waals surface area (Å²) in [4.78, 5) is 37.3. The van der Waals surface area contributed by atoms with Crippen LogP contribution in [-0.2, 0) is 16.0 Å². The number of urea groups is 1. The summed E-state index contributed by atoms with van der Waals surface area (Å²) in [7, 11) is 0. The summed E-state index contributed by atoms with van der Waals surface area (Å²) in [6.07, 6.45) is 6.27. The van der Waals surface area contributed by atoms with E-state index in [-0.39, 0.29) is 17.9 Å². The van der Waals surface area contributed by atoms with Crippen molar-refractivity contribution >= 4 is 23.9 Å². The van der Waals surface area contributed by atoms with Crippen LogP contribution in [0.4, 0.5) is 9.18 Å². The van der Waals surface area contributed by atoms with Gasteiger partial charge in [0.25, 0.3) is 11.8 Å². The number of nitrogens with one attached hydrogen (secondary N) is 1. The highest BCUT2D eigenvalue weighted by atomic mass is 19.1. The first-order chi connectivity index (χ1) is 12.5. The maximum Gasteiger partial charge on any atom is 0.331 e. The largest absolute Gasteiger partial charge is 0.465 e. The van der Waals surface area contributed by atoms with E-state index in [1.807, 2.05) is 0 Å². The number of imide groups is 2. The van der Waals surface area contributed by atoms with Crippen molar-refractivity contribution < 1.29 is 23.2 Å². The van der Waals surface area contributed by atoms with Gasteiger partial charge in [0, 0.05) is 6.54 Å². The van der Waals surface area contributed by atoms with Gasteiger partial charge in [-0.3, -0.25) is 19.8 Å². The summed E-state index contributed by atoms with van der Waals surface area (Å²) in [5.41, 5.74) is 0.624. The van der Waals surface area contributed by atoms with Crippen LogP contribution < -0.4 is 5.32 Å². The standard InChI is InChI=1S/C19H15FN2O4/c20-14-8-6-13(7-9-14)10-11-22-18(24)16(17(23)21-19(22)25)5-1-3-15-4-2-12-26-15/h1-9,12H,10-11H2,(H,21,23,25). The van der Waals surface area contributed by atoms with Crippen molar-refractivity contribution in [2.75, 3.05) is 6.54 Å². The van der Waals surface area contributed by atoms with Gasteiger partial charge in [-0.2, -0.15) is 0 Å². The van der Waals surface area contributed by atoms with Gasteiger partial charge < -0.3 is 4.42 Å². The first-order valence-electron chi connectivity index (χ1n) is 7.88. The minimum absolute atomic E-state index is 0.0722. The Bertz CT molecular complexity index is 883. The molecule has 2 aromatic rings. The maximum absolute atomic E-state index is 12.9. The van der Waals surface area contributed by atoms with Crippen molar-refractivity contribution in [1.29, 1.82) is 0 Å². The van der Waals surface area contributed by atoms with Crippen molar-refractivity contribution in [2.24, 2.45) is 0 Å². The summed E-state index contributed by atoms with van der Waals surface area (Å²) in [5.74, 6) is -1.22. The fourth-order valence-corrected chi connectivity index (χ4v) is 2.43. The molecule has 0 saturated carbocycles. The number of hydrogen-bond acceptors (Lipinski definition) is 4. The lowest BCUT2D eigenvalue weighted by atomic mass is 10.1. The van der Waals surface area contributed by atoms with Crippen molar-refractivity contribution in [2.45, 2.75) is 6.42 Å². The van der Waals surface area contributed by atoms with Crippen LogP contribution >= 0.6 is 0 Å². The quantitative estimate of drug-likeness (QED) is 0.661. The summed E-state index contributed by atoms with van der Waals surface area (Å²) in [6.45, 7) is 0.0722. The Morgan fingerprint density at radius 2 is 1.88 bits per heavy atom. The predicted octanol–water partition coefficient (Wildman–Crippen LogP) is 2.68. The zero-order valence-corrected chi connectivity index (χ0v) is 13.6. The molecule has 1 saturated heterocycles. The smallest absolute Gasteiger partial charge is 0.331 e. The Morgan fingerprint density at radius 1 is 1.12 bits per heavy atom. The third-order valence-electron chi connectivity index (χ3n) is 3.79. The molecular formula is C19H15FN2O4. The van der Waals surface area contributed by atoms with Crippen LogP contribution in [0, 0.1) is 5.82 Å². The van der Waals surface area contributed by atoms with Crippen molar-refractivity contribution in [1.82, 2.24) is 10.2 Å². The number of rotatable bonds is 5. The average Bonchev–Trinajstić information content (AvgIpc) is 3.12. The van der Waals surface area contributed by atoms with Crippen LogP contribution in [0.15, 0.2) is 64.8 Å². The van der Waals surface area contributed by atoms with E-state index in [0.29, 0.717) is 12.2 Å². The van der Waals surface area contributed by atoms with Crippen molar-refractivity contribution in [3.63, 3.8) is 0 Å². The number of barbiturate groups is 1. The van der Waals surface area contributed by atoms with Gasteiger partial charge in [0.1, 0.15) is 17.2 Å². The molecule has 26 heavy (non-hydrogen) atoms. The highest BCUT2D eigenvalue weighted by Crippen LogP contribution is 2.13. The average molecular weight is 354 g/mol. The molecule has 0 atom stereocenters. The Balaban J connectivity index is 1.71. The molecule has 1 aliphatic rings. The van der Waals surface area contributed by atoms with E-state index in [1.54, 1.807) is 30.3 Å². The molecule has 0 unspecified atom stereocenters. The molecule has 132 valence electrons. The monoisotopic (exact) mass is 354 g/mol. The minimum atomic E-state index is -0.769. The molecule has 1 N–H and O–H groups in total. The molecule has 1 aromatic carbocycles. The number of hydrogen-bond donors (Lipinski definition) is 1. The number of halogens is 1. The first-order valence-corrected chi connectivity index (χ1v) is 7.88. The second-order valence-electron chi connectivity index (χ2n) is 5.55. The number of furan rings is 1. The van der Waals surface area contributed by atoms with E-state index >= 15 is 0 Å². The molecule has 0 aliphatic carbocycles. The number of carbonyl (C=O) groups is 3. The first kappa shape index (κ1) is 17.3. The molecular weight excluding hydrogens is 339 g/mol. The SMILES string of the molecule is O=C1NC(=O)N(CCc2ccc(F)cc2)C(=O)C1=CC=Cc1ccco1. The molecule has 0 bridgehead atoms. The molecule has 6 nitrogen and oxygen atoms in total. The van der Waals surface area contributed by atoms with E-state index in [9.17, 15) is 18.8 Å². The zero-order valence-electron chi connectivity index (χ0n) is 13.6. The second-order valence-corrected chi connectivity index (χ2v) is 5.55. The van der Waals surface area contributed by atoms with Gasteiger partial charge in [-0.15, -0.1) is 0 Å². The third kappa shape index (κ3) is 3.94. The lowest BCUT2D eigenvalue weighted by Gasteiger charge is -2.26. The van der Waals surface area contributed by atoms with Crippen LogP contribution in [0.5, 0.6) is 0 Å². The molecule has 3 rings (SSSR count). The number of benzene rings is 1. The molecule has 4 amide bonds. The van der Waals surface area contributed by atoms with Crippen LogP contribution in [0.2, 0.25) is 0 Å². The van der Waals surface area contributed by atoms with E-state index in [1.165, 1.54) is 30.5 Å². The highest BCUT2D eigenvalue weighted by Gasteiger charge is 2.34. The van der Waals surface area contributed by atoms with E-state index in [4.69, 9.17) is 4.42 Å². The molecule has 1 aromatic heterocycles. The topological polar surface area (TPSA) is 79.6 Å². The molecule has 0 radical (unpaired) electrons. The van der Waals surface area contributed by atoms with Crippen LogP contribution in [-0.4, -0.2) is 29.3 Å². The fourth-order valence-electron chi connectivity index (χ4n) is 2.43. The number of allylic oxidation sites excluding steroid dienone is 2. The van der Waals surface area contributed by atoms with Gasteiger partial charge in [-0.25, -0.2) is 9.18 Å². The number of carbonyl (C=O) groups excluding carboxylic acids is 3. The third-order valence-corrected chi connectivity index (χ3v) is 3.79. The maximum atomic E-state index is 12.9. The van der Waals surface area contributed by atoms with Gasteiger partial charge in [0.2, 0.25) is 0 Å². The van der Waals surface area contributed by atoms with Crippen LogP contribution in [0.1, 0.15) is 11.3 Å². The molecule has 7 heteroatoms. The normalized spacial score (nSPS) is 16.6. The van der Waals surface area contributed by atoms with Crippen molar-refractivity contribution in [3.05, 3.63) is 77.5 Å². The summed E-state index contributed by atoms with van der Waals surface area (Å²) in [5, 5.41) is 2.14. The van der Waals surface area contributed by atoms with Crippen LogP contribution in [0.25, 0.3) is 6.08 Å². The Labute approximate surface area is 148 Å². The van der Waals surface area contributed by atoms with Gasteiger partial charge >= 0.3 is 6.03 Å². The van der Waals surface area contributed by atoms with Gasteiger partial charge in [0.15, 0.2) is 0 Å². The molecule has 1 fully saturated rings.